The Labute approximate surface area is 126 Å². The van der Waals surface area contributed by atoms with Gasteiger partial charge in [0, 0.05) is 7.11 Å². The molecule has 0 radical (unpaired) electrons. The number of rotatable bonds is 6. The summed E-state index contributed by atoms with van der Waals surface area (Å²) in [5.74, 6) is 0.334. The zero-order valence-electron chi connectivity index (χ0n) is 13.3. The third-order valence-electron chi connectivity index (χ3n) is 3.31. The number of methoxy groups -OCH3 is 1. The van der Waals surface area contributed by atoms with Gasteiger partial charge in [-0.3, -0.25) is 0 Å². The fourth-order valence-corrected chi connectivity index (χ4v) is 2.10. The van der Waals surface area contributed by atoms with Crippen LogP contribution in [-0.2, 0) is 14.2 Å². The Kier molecular flexibility index (Phi) is 5.45. The monoisotopic (exact) mass is 295 g/mol. The molecule has 1 aliphatic rings. The SMILES string of the molecule is COCCOc1cc(C)ccc1NC1COC(C)(C)OC1. The van der Waals surface area contributed by atoms with Crippen LogP contribution in [0.5, 0.6) is 5.75 Å². The van der Waals surface area contributed by atoms with E-state index in [1.807, 2.05) is 32.9 Å². The molecule has 118 valence electrons. The lowest BCUT2D eigenvalue weighted by Gasteiger charge is -2.35. The molecule has 1 fully saturated rings. The van der Waals surface area contributed by atoms with Gasteiger partial charge in [0.1, 0.15) is 12.4 Å². The van der Waals surface area contributed by atoms with Gasteiger partial charge in [-0.05, 0) is 38.5 Å². The predicted octanol–water partition coefficient (Wildman–Crippen LogP) is 2.58. The number of benzene rings is 1. The first kappa shape index (κ1) is 16.1. The molecule has 0 saturated carbocycles. The summed E-state index contributed by atoms with van der Waals surface area (Å²) in [6, 6.07) is 6.22. The van der Waals surface area contributed by atoms with Crippen LogP contribution in [0.15, 0.2) is 18.2 Å². The topological polar surface area (TPSA) is 49.0 Å². The summed E-state index contributed by atoms with van der Waals surface area (Å²) in [5.41, 5.74) is 2.11. The maximum absolute atomic E-state index is 5.77. The first-order valence-electron chi connectivity index (χ1n) is 7.27. The second-order valence-corrected chi connectivity index (χ2v) is 5.70. The third-order valence-corrected chi connectivity index (χ3v) is 3.31. The number of anilines is 1. The molecule has 1 N–H and O–H groups in total. The van der Waals surface area contributed by atoms with E-state index in [-0.39, 0.29) is 6.04 Å². The second-order valence-electron chi connectivity index (χ2n) is 5.70. The summed E-state index contributed by atoms with van der Waals surface area (Å²) in [6.45, 7) is 8.21. The van der Waals surface area contributed by atoms with Gasteiger partial charge >= 0.3 is 0 Å². The van der Waals surface area contributed by atoms with Gasteiger partial charge in [-0.15, -0.1) is 0 Å². The Morgan fingerprint density at radius 1 is 1.24 bits per heavy atom. The average molecular weight is 295 g/mol. The molecule has 0 bridgehead atoms. The van der Waals surface area contributed by atoms with Crippen LogP contribution < -0.4 is 10.1 Å². The van der Waals surface area contributed by atoms with Crippen LogP contribution in [0.25, 0.3) is 0 Å². The standard InChI is InChI=1S/C16H25NO4/c1-12-5-6-14(15(9-12)19-8-7-18-4)17-13-10-20-16(2,3)21-11-13/h5-6,9,13,17H,7-8,10-11H2,1-4H3. The van der Waals surface area contributed by atoms with Gasteiger partial charge < -0.3 is 24.3 Å². The van der Waals surface area contributed by atoms with E-state index in [1.54, 1.807) is 7.11 Å². The summed E-state index contributed by atoms with van der Waals surface area (Å²) in [5, 5.41) is 3.43. The van der Waals surface area contributed by atoms with Crippen LogP contribution in [0.2, 0.25) is 0 Å². The van der Waals surface area contributed by atoms with Crippen molar-refractivity contribution in [2.24, 2.45) is 0 Å². The molecular weight excluding hydrogens is 270 g/mol. The number of hydrogen-bond donors (Lipinski definition) is 1. The molecule has 5 nitrogen and oxygen atoms in total. The fourth-order valence-electron chi connectivity index (χ4n) is 2.10. The number of nitrogens with one attached hydrogen (secondary N) is 1. The molecular formula is C16H25NO4. The highest BCUT2D eigenvalue weighted by molar-refractivity contribution is 5.58. The number of ether oxygens (including phenoxy) is 4. The summed E-state index contributed by atoms with van der Waals surface area (Å²) < 4.78 is 22.1. The molecule has 1 heterocycles. The van der Waals surface area contributed by atoms with E-state index in [0.29, 0.717) is 26.4 Å². The highest BCUT2D eigenvalue weighted by atomic mass is 16.7. The summed E-state index contributed by atoms with van der Waals surface area (Å²) in [4.78, 5) is 0. The maximum Gasteiger partial charge on any atom is 0.162 e. The Balaban J connectivity index is 1.98. The molecule has 0 spiro atoms. The van der Waals surface area contributed by atoms with Gasteiger partial charge in [-0.25, -0.2) is 0 Å². The van der Waals surface area contributed by atoms with Crippen molar-refractivity contribution in [1.29, 1.82) is 0 Å². The van der Waals surface area contributed by atoms with Gasteiger partial charge in [0.05, 0.1) is 31.5 Å². The fraction of sp³-hybridized carbons (Fsp3) is 0.625. The molecule has 0 amide bonds. The molecule has 1 aromatic carbocycles. The van der Waals surface area contributed by atoms with Gasteiger partial charge in [-0.2, -0.15) is 0 Å². The van der Waals surface area contributed by atoms with Gasteiger partial charge in [0.2, 0.25) is 0 Å². The Morgan fingerprint density at radius 3 is 2.62 bits per heavy atom. The normalized spacial score (nSPS) is 18.5. The maximum atomic E-state index is 5.77. The third kappa shape index (κ3) is 4.88. The molecule has 5 heteroatoms. The summed E-state index contributed by atoms with van der Waals surface area (Å²) >= 11 is 0. The first-order chi connectivity index (χ1) is 10.00. The second kappa shape index (κ2) is 7.11. The van der Waals surface area contributed by atoms with E-state index >= 15 is 0 Å². The highest BCUT2D eigenvalue weighted by Crippen LogP contribution is 2.28. The van der Waals surface area contributed by atoms with Gasteiger partial charge in [0.25, 0.3) is 0 Å². The first-order valence-corrected chi connectivity index (χ1v) is 7.27. The van der Waals surface area contributed by atoms with E-state index in [4.69, 9.17) is 18.9 Å². The lowest BCUT2D eigenvalue weighted by molar-refractivity contribution is -0.247. The Hall–Kier alpha value is -1.30. The molecule has 0 unspecified atom stereocenters. The zero-order chi connectivity index (χ0) is 15.3. The van der Waals surface area contributed by atoms with Crippen LogP contribution in [0, 0.1) is 6.92 Å². The van der Waals surface area contributed by atoms with Crippen molar-refractivity contribution in [3.8, 4) is 5.75 Å². The van der Waals surface area contributed by atoms with Crippen molar-refractivity contribution in [1.82, 2.24) is 0 Å². The van der Waals surface area contributed by atoms with Crippen molar-refractivity contribution in [3.63, 3.8) is 0 Å². The van der Waals surface area contributed by atoms with Gasteiger partial charge in [0.15, 0.2) is 5.79 Å². The van der Waals surface area contributed by atoms with Crippen molar-refractivity contribution in [2.75, 3.05) is 38.9 Å². The van der Waals surface area contributed by atoms with E-state index < -0.39 is 5.79 Å². The summed E-state index contributed by atoms with van der Waals surface area (Å²) in [6.07, 6.45) is 0. The van der Waals surface area contributed by atoms with Crippen molar-refractivity contribution in [3.05, 3.63) is 23.8 Å². The highest BCUT2D eigenvalue weighted by Gasteiger charge is 2.28. The van der Waals surface area contributed by atoms with Crippen LogP contribution in [0.4, 0.5) is 5.69 Å². The van der Waals surface area contributed by atoms with Crippen molar-refractivity contribution in [2.45, 2.75) is 32.6 Å². The lowest BCUT2D eigenvalue weighted by Crippen LogP contribution is -2.45. The number of aryl methyl sites for hydroxylation is 1. The minimum absolute atomic E-state index is 0.116. The smallest absolute Gasteiger partial charge is 0.162 e. The number of hydrogen-bond acceptors (Lipinski definition) is 5. The molecule has 0 atom stereocenters. The van der Waals surface area contributed by atoms with Crippen molar-refractivity contribution < 1.29 is 18.9 Å². The molecule has 2 rings (SSSR count). The molecule has 1 aromatic rings. The molecule has 1 aliphatic heterocycles. The molecule has 0 aliphatic carbocycles. The average Bonchev–Trinajstić information content (AvgIpc) is 2.44. The van der Waals surface area contributed by atoms with Crippen LogP contribution >= 0.6 is 0 Å². The van der Waals surface area contributed by atoms with Crippen LogP contribution in [0.1, 0.15) is 19.4 Å². The lowest BCUT2D eigenvalue weighted by atomic mass is 10.2. The van der Waals surface area contributed by atoms with Crippen molar-refractivity contribution >= 4 is 5.69 Å². The Bertz CT molecular complexity index is 452. The quantitative estimate of drug-likeness (QED) is 0.817. The molecule has 21 heavy (non-hydrogen) atoms. The van der Waals surface area contributed by atoms with Crippen LogP contribution in [-0.4, -0.2) is 45.4 Å². The largest absolute Gasteiger partial charge is 0.489 e. The van der Waals surface area contributed by atoms with E-state index in [1.165, 1.54) is 0 Å². The summed E-state index contributed by atoms with van der Waals surface area (Å²) in [7, 11) is 1.66. The van der Waals surface area contributed by atoms with E-state index in [0.717, 1.165) is 17.0 Å². The zero-order valence-corrected chi connectivity index (χ0v) is 13.3. The van der Waals surface area contributed by atoms with E-state index in [2.05, 4.69) is 11.4 Å². The van der Waals surface area contributed by atoms with Crippen LogP contribution in [0.3, 0.4) is 0 Å². The minimum Gasteiger partial charge on any atom is -0.489 e. The molecule has 1 saturated heterocycles. The molecule has 0 aromatic heterocycles. The minimum atomic E-state index is -0.497. The van der Waals surface area contributed by atoms with E-state index in [9.17, 15) is 0 Å². The van der Waals surface area contributed by atoms with Gasteiger partial charge in [-0.1, -0.05) is 6.07 Å². The predicted molar refractivity (Wildman–Crippen MR) is 81.9 cm³/mol. The Morgan fingerprint density at radius 2 is 1.95 bits per heavy atom.